The van der Waals surface area contributed by atoms with E-state index in [1.165, 1.54) is 0 Å². The summed E-state index contributed by atoms with van der Waals surface area (Å²) in [5.41, 5.74) is 6.59. The largest absolute Gasteiger partial charge is 0.440 e. The molecule has 1 aliphatic rings. The number of cyclic esters (lactones) is 1. The van der Waals surface area contributed by atoms with Gasteiger partial charge >= 0.3 is 5.97 Å². The molecule has 0 amide bonds. The van der Waals surface area contributed by atoms with Crippen molar-refractivity contribution in [3.8, 4) is 11.3 Å². The molecule has 0 spiro atoms. The summed E-state index contributed by atoms with van der Waals surface area (Å²) in [5, 5.41) is 1.06. The van der Waals surface area contributed by atoms with Crippen molar-refractivity contribution in [3.05, 3.63) is 125 Å². The smallest absolute Gasteiger partial charge is 0.340 e. The lowest BCUT2D eigenvalue weighted by molar-refractivity contribution is 0.0257. The Bertz CT molecular complexity index is 1570. The van der Waals surface area contributed by atoms with Gasteiger partial charge in [0.15, 0.2) is 5.60 Å². The Kier molecular flexibility index (Phi) is 4.78. The Morgan fingerprint density at radius 1 is 0.771 bits per heavy atom. The number of nitrogens with zero attached hydrogens (tertiary/aromatic N) is 2. The normalized spacial score (nSPS) is 16.8. The topological polar surface area (TPSA) is 34.5 Å². The lowest BCUT2D eigenvalue weighted by atomic mass is 9.77. The third kappa shape index (κ3) is 3.03. The number of carbonyl (C=O) groups excluding carboxylic acids is 1. The van der Waals surface area contributed by atoms with E-state index in [-0.39, 0.29) is 5.97 Å². The summed E-state index contributed by atoms with van der Waals surface area (Å²) in [6.45, 7) is 0. The van der Waals surface area contributed by atoms with E-state index in [4.69, 9.17) is 4.74 Å². The molecular weight excluding hydrogens is 432 g/mol. The Labute approximate surface area is 205 Å². The van der Waals surface area contributed by atoms with E-state index in [1.54, 1.807) is 0 Å². The van der Waals surface area contributed by atoms with E-state index in [0.29, 0.717) is 5.56 Å². The highest BCUT2D eigenvalue weighted by molar-refractivity contribution is 6.01. The van der Waals surface area contributed by atoms with Crippen LogP contribution in [0.25, 0.3) is 22.2 Å². The first-order valence-electron chi connectivity index (χ1n) is 11.8. The zero-order valence-electron chi connectivity index (χ0n) is 20.0. The number of hydrogen-bond acceptors (Lipinski definition) is 3. The lowest BCUT2D eigenvalue weighted by Gasteiger charge is -2.31. The van der Waals surface area contributed by atoms with Gasteiger partial charge in [0, 0.05) is 54.4 Å². The van der Waals surface area contributed by atoms with Gasteiger partial charge in [-0.3, -0.25) is 0 Å². The van der Waals surface area contributed by atoms with Crippen molar-refractivity contribution in [3.63, 3.8) is 0 Å². The predicted molar refractivity (Wildman–Crippen MR) is 141 cm³/mol. The average molecular weight is 459 g/mol. The van der Waals surface area contributed by atoms with Crippen molar-refractivity contribution in [2.75, 3.05) is 19.0 Å². The fourth-order valence-corrected chi connectivity index (χ4v) is 5.44. The van der Waals surface area contributed by atoms with Gasteiger partial charge in [0.2, 0.25) is 0 Å². The second-order valence-electron chi connectivity index (χ2n) is 9.22. The van der Waals surface area contributed by atoms with Gasteiger partial charge in [-0.05, 0) is 29.8 Å². The molecule has 1 atom stereocenters. The first-order valence-corrected chi connectivity index (χ1v) is 11.8. The van der Waals surface area contributed by atoms with Crippen LogP contribution in [0.5, 0.6) is 0 Å². The minimum Gasteiger partial charge on any atom is -0.440 e. The van der Waals surface area contributed by atoms with Crippen LogP contribution in [0, 0.1) is 0 Å². The minimum atomic E-state index is -1.08. The standard InChI is InChI=1S/C31H26N2O2/c1-32(2)23-19-17-22(18-20-23)31(26-15-9-7-13-24(26)30(34)35-31)28-25-14-8-10-16-27(25)33(3)29(28)21-11-5-4-6-12-21/h4-20H,1-3H3. The molecule has 5 aromatic rings. The summed E-state index contributed by atoms with van der Waals surface area (Å²) in [6, 6.07) is 34.8. The van der Waals surface area contributed by atoms with Gasteiger partial charge in [-0.25, -0.2) is 4.79 Å². The van der Waals surface area contributed by atoms with Crippen molar-refractivity contribution in [1.29, 1.82) is 0 Å². The molecule has 172 valence electrons. The third-order valence-corrected chi connectivity index (χ3v) is 7.07. The maximum atomic E-state index is 13.4. The van der Waals surface area contributed by atoms with E-state index in [9.17, 15) is 4.79 Å². The molecule has 0 bridgehead atoms. The van der Waals surface area contributed by atoms with Gasteiger partial charge in [0.05, 0.1) is 11.3 Å². The van der Waals surface area contributed by atoms with Crippen molar-refractivity contribution in [1.82, 2.24) is 4.57 Å². The molecule has 1 unspecified atom stereocenters. The molecule has 2 heterocycles. The van der Waals surface area contributed by atoms with Gasteiger partial charge in [-0.1, -0.05) is 78.9 Å². The molecule has 0 aliphatic carbocycles. The first-order chi connectivity index (χ1) is 17.0. The number of anilines is 1. The number of fused-ring (bicyclic) bond motifs is 2. The summed E-state index contributed by atoms with van der Waals surface area (Å²) in [4.78, 5) is 15.4. The quantitative estimate of drug-likeness (QED) is 0.293. The van der Waals surface area contributed by atoms with Crippen LogP contribution in [0.1, 0.15) is 27.0 Å². The molecule has 0 radical (unpaired) electrons. The van der Waals surface area contributed by atoms with Gasteiger partial charge in [0.1, 0.15) is 0 Å². The molecular formula is C31H26N2O2. The number of carbonyl (C=O) groups is 1. The number of rotatable bonds is 4. The molecule has 4 nitrogen and oxygen atoms in total. The van der Waals surface area contributed by atoms with Crippen molar-refractivity contribution < 1.29 is 9.53 Å². The summed E-state index contributed by atoms with van der Waals surface area (Å²) >= 11 is 0. The molecule has 4 aromatic carbocycles. The molecule has 1 aromatic heterocycles. The fraction of sp³-hybridized carbons (Fsp3) is 0.129. The second-order valence-corrected chi connectivity index (χ2v) is 9.22. The number of aryl methyl sites for hydroxylation is 1. The van der Waals surface area contributed by atoms with Crippen LogP contribution in [0.15, 0.2) is 103 Å². The first kappa shape index (κ1) is 21.2. The number of hydrogen-bond donors (Lipinski definition) is 0. The number of esters is 1. The van der Waals surface area contributed by atoms with Crippen LogP contribution in [0.3, 0.4) is 0 Å². The van der Waals surface area contributed by atoms with Crippen LogP contribution in [-0.2, 0) is 17.4 Å². The highest BCUT2D eigenvalue weighted by Crippen LogP contribution is 2.52. The molecule has 4 heteroatoms. The Morgan fingerprint density at radius 3 is 2.17 bits per heavy atom. The molecule has 0 saturated heterocycles. The summed E-state index contributed by atoms with van der Waals surface area (Å²) in [7, 11) is 6.13. The van der Waals surface area contributed by atoms with Crippen LogP contribution in [0.2, 0.25) is 0 Å². The van der Waals surface area contributed by atoms with Gasteiger partial charge in [-0.15, -0.1) is 0 Å². The summed E-state index contributed by atoms with van der Waals surface area (Å²) < 4.78 is 8.72. The third-order valence-electron chi connectivity index (χ3n) is 7.07. The minimum absolute atomic E-state index is 0.302. The Balaban J connectivity index is 1.77. The summed E-state index contributed by atoms with van der Waals surface area (Å²) in [6.07, 6.45) is 0. The molecule has 0 saturated carbocycles. The Hall–Kier alpha value is -4.31. The van der Waals surface area contributed by atoms with E-state index in [1.807, 2.05) is 68.7 Å². The van der Waals surface area contributed by atoms with Crippen LogP contribution in [-0.4, -0.2) is 24.6 Å². The predicted octanol–water partition coefficient (Wildman–Crippen LogP) is 6.37. The van der Waals surface area contributed by atoms with Crippen LogP contribution in [0.4, 0.5) is 5.69 Å². The van der Waals surface area contributed by atoms with E-state index in [0.717, 1.165) is 44.5 Å². The number of benzene rings is 4. The maximum absolute atomic E-state index is 13.4. The Morgan fingerprint density at radius 2 is 1.43 bits per heavy atom. The zero-order chi connectivity index (χ0) is 24.2. The highest BCUT2D eigenvalue weighted by Gasteiger charge is 2.51. The van der Waals surface area contributed by atoms with Crippen molar-refractivity contribution >= 4 is 22.6 Å². The van der Waals surface area contributed by atoms with Crippen LogP contribution >= 0.6 is 0 Å². The van der Waals surface area contributed by atoms with E-state index in [2.05, 4.69) is 65.0 Å². The average Bonchev–Trinajstić information content (AvgIpc) is 3.37. The van der Waals surface area contributed by atoms with E-state index < -0.39 is 5.60 Å². The number of para-hydroxylation sites is 1. The summed E-state index contributed by atoms with van der Waals surface area (Å²) in [5.74, 6) is -0.302. The highest BCUT2D eigenvalue weighted by atomic mass is 16.6. The number of aromatic nitrogens is 1. The van der Waals surface area contributed by atoms with Crippen LogP contribution < -0.4 is 4.90 Å². The monoisotopic (exact) mass is 458 g/mol. The number of ether oxygens (including phenoxy) is 1. The molecule has 0 N–H and O–H groups in total. The second kappa shape index (κ2) is 7.88. The maximum Gasteiger partial charge on any atom is 0.340 e. The van der Waals surface area contributed by atoms with Crippen molar-refractivity contribution in [2.24, 2.45) is 7.05 Å². The van der Waals surface area contributed by atoms with E-state index >= 15 is 0 Å². The SMILES string of the molecule is CN(C)c1ccc(C2(c3c(-c4ccccc4)n(C)c4ccccc34)OC(=O)c3ccccc32)cc1. The molecule has 35 heavy (non-hydrogen) atoms. The molecule has 1 aliphatic heterocycles. The van der Waals surface area contributed by atoms with Gasteiger partial charge in [0.25, 0.3) is 0 Å². The molecule has 6 rings (SSSR count). The molecule has 0 fully saturated rings. The fourth-order valence-electron chi connectivity index (χ4n) is 5.44. The lowest BCUT2D eigenvalue weighted by Crippen LogP contribution is -2.30. The van der Waals surface area contributed by atoms with Crippen molar-refractivity contribution in [2.45, 2.75) is 5.60 Å². The van der Waals surface area contributed by atoms with Gasteiger partial charge in [-0.2, -0.15) is 0 Å². The zero-order valence-corrected chi connectivity index (χ0v) is 20.0. The van der Waals surface area contributed by atoms with Gasteiger partial charge < -0.3 is 14.2 Å².